The summed E-state index contributed by atoms with van der Waals surface area (Å²) in [5, 5.41) is 20.8. The number of rotatable bonds is 3. The van der Waals surface area contributed by atoms with Crippen LogP contribution in [0.25, 0.3) is 0 Å². The Balaban J connectivity index is 1.85. The lowest BCUT2D eigenvalue weighted by Gasteiger charge is -2.39. The summed E-state index contributed by atoms with van der Waals surface area (Å²) < 4.78 is 0. The van der Waals surface area contributed by atoms with Gasteiger partial charge in [0.2, 0.25) is 0 Å². The van der Waals surface area contributed by atoms with E-state index in [0.717, 1.165) is 31.2 Å². The number of aliphatic hydroxyl groups is 1. The molecule has 0 bridgehead atoms. The molecule has 21 heavy (non-hydrogen) atoms. The molecule has 1 aromatic rings. The predicted octanol–water partition coefficient (Wildman–Crippen LogP) is 4.12. The highest BCUT2D eigenvalue weighted by molar-refractivity contribution is 5.43. The van der Waals surface area contributed by atoms with Crippen LogP contribution in [0.2, 0.25) is 0 Å². The smallest absolute Gasteiger partial charge is 0.108 e. The molecule has 0 saturated heterocycles. The van der Waals surface area contributed by atoms with Gasteiger partial charge in [0.1, 0.15) is 5.41 Å². The van der Waals surface area contributed by atoms with Gasteiger partial charge < -0.3 is 5.11 Å². The first-order valence-corrected chi connectivity index (χ1v) is 8.44. The molecule has 1 N–H and O–H groups in total. The number of fused-ring (bicyclic) bond motifs is 1. The Morgan fingerprint density at radius 3 is 2.71 bits per heavy atom. The van der Waals surface area contributed by atoms with E-state index in [4.69, 9.17) is 0 Å². The molecule has 2 aliphatic rings. The zero-order chi connectivity index (χ0) is 14.7. The summed E-state index contributed by atoms with van der Waals surface area (Å²) >= 11 is 0. The number of aryl methyl sites for hydroxylation is 1. The van der Waals surface area contributed by atoms with Crippen LogP contribution in [0, 0.1) is 17.2 Å². The van der Waals surface area contributed by atoms with Crippen LogP contribution < -0.4 is 0 Å². The summed E-state index contributed by atoms with van der Waals surface area (Å²) in [6.07, 6.45) is 9.46. The SMILES string of the molecule is N#CC1(C(O)CC2CCCCC2)CCCc2ccccc21. The van der Waals surface area contributed by atoms with E-state index in [0.29, 0.717) is 5.92 Å². The Morgan fingerprint density at radius 2 is 1.95 bits per heavy atom. The molecule has 112 valence electrons. The second-order valence-electron chi connectivity index (χ2n) is 6.85. The number of nitriles is 1. The van der Waals surface area contributed by atoms with Crippen LogP contribution in [0.1, 0.15) is 62.5 Å². The van der Waals surface area contributed by atoms with Gasteiger partial charge in [-0.15, -0.1) is 0 Å². The van der Waals surface area contributed by atoms with Gasteiger partial charge in [0.05, 0.1) is 12.2 Å². The first-order chi connectivity index (χ1) is 10.3. The van der Waals surface area contributed by atoms with E-state index in [9.17, 15) is 10.4 Å². The predicted molar refractivity (Wildman–Crippen MR) is 83.9 cm³/mol. The minimum atomic E-state index is -0.674. The number of hydrogen-bond acceptors (Lipinski definition) is 2. The van der Waals surface area contributed by atoms with Crippen molar-refractivity contribution in [3.63, 3.8) is 0 Å². The van der Waals surface area contributed by atoms with Crippen LogP contribution in [-0.2, 0) is 11.8 Å². The minimum Gasteiger partial charge on any atom is -0.391 e. The maximum absolute atomic E-state index is 10.9. The molecule has 0 heterocycles. The molecule has 2 heteroatoms. The van der Waals surface area contributed by atoms with Crippen molar-refractivity contribution < 1.29 is 5.11 Å². The highest BCUT2D eigenvalue weighted by atomic mass is 16.3. The fourth-order valence-corrected chi connectivity index (χ4v) is 4.34. The monoisotopic (exact) mass is 283 g/mol. The second-order valence-corrected chi connectivity index (χ2v) is 6.85. The zero-order valence-electron chi connectivity index (χ0n) is 12.7. The molecular formula is C19H25NO. The van der Waals surface area contributed by atoms with Crippen molar-refractivity contribution in [3.8, 4) is 6.07 Å². The van der Waals surface area contributed by atoms with Gasteiger partial charge in [-0.25, -0.2) is 0 Å². The number of nitrogens with zero attached hydrogens (tertiary/aromatic N) is 1. The molecule has 0 aliphatic heterocycles. The van der Waals surface area contributed by atoms with Crippen molar-refractivity contribution in [3.05, 3.63) is 35.4 Å². The molecule has 2 atom stereocenters. The van der Waals surface area contributed by atoms with Crippen molar-refractivity contribution in [1.29, 1.82) is 5.26 Å². The molecule has 1 aromatic carbocycles. The van der Waals surface area contributed by atoms with Crippen molar-refractivity contribution in [2.45, 2.75) is 69.3 Å². The van der Waals surface area contributed by atoms with E-state index >= 15 is 0 Å². The Hall–Kier alpha value is -1.33. The van der Waals surface area contributed by atoms with Gasteiger partial charge in [-0.3, -0.25) is 0 Å². The van der Waals surface area contributed by atoms with Gasteiger partial charge in [-0.2, -0.15) is 5.26 Å². The van der Waals surface area contributed by atoms with Gasteiger partial charge in [0.25, 0.3) is 0 Å². The van der Waals surface area contributed by atoms with E-state index in [1.165, 1.54) is 37.7 Å². The van der Waals surface area contributed by atoms with Crippen LogP contribution in [0.3, 0.4) is 0 Å². The van der Waals surface area contributed by atoms with Crippen LogP contribution in [0.5, 0.6) is 0 Å². The third-order valence-corrected chi connectivity index (χ3v) is 5.56. The molecular weight excluding hydrogens is 258 g/mol. The molecule has 0 spiro atoms. The van der Waals surface area contributed by atoms with Gasteiger partial charge in [0, 0.05) is 0 Å². The van der Waals surface area contributed by atoms with E-state index in [1.54, 1.807) is 0 Å². The molecule has 2 nitrogen and oxygen atoms in total. The summed E-state index contributed by atoms with van der Waals surface area (Å²) in [4.78, 5) is 0. The van der Waals surface area contributed by atoms with Crippen LogP contribution in [-0.4, -0.2) is 11.2 Å². The standard InChI is InChI=1S/C19H25NO/c20-14-19(18(21)13-15-7-2-1-3-8-15)12-6-10-16-9-4-5-11-17(16)19/h4-5,9,11,15,18,21H,1-3,6-8,10,12-13H2. The first kappa shape index (κ1) is 14.6. The van der Waals surface area contributed by atoms with E-state index < -0.39 is 11.5 Å². The first-order valence-electron chi connectivity index (χ1n) is 8.44. The van der Waals surface area contributed by atoms with Crippen LogP contribution >= 0.6 is 0 Å². The minimum absolute atomic E-state index is 0.521. The maximum atomic E-state index is 10.9. The fraction of sp³-hybridized carbons (Fsp3) is 0.632. The van der Waals surface area contributed by atoms with Gasteiger partial charge in [0.15, 0.2) is 0 Å². The van der Waals surface area contributed by atoms with Crippen molar-refractivity contribution in [2.75, 3.05) is 0 Å². The largest absolute Gasteiger partial charge is 0.391 e. The summed E-state index contributed by atoms with van der Waals surface area (Å²) in [5.74, 6) is 0.605. The average Bonchev–Trinajstić information content (AvgIpc) is 2.55. The van der Waals surface area contributed by atoms with Gasteiger partial charge in [-0.05, 0) is 42.7 Å². The normalized spacial score (nSPS) is 27.6. The van der Waals surface area contributed by atoms with Crippen LogP contribution in [0.15, 0.2) is 24.3 Å². The molecule has 0 radical (unpaired) electrons. The molecule has 0 aromatic heterocycles. The highest BCUT2D eigenvalue weighted by Gasteiger charge is 2.43. The maximum Gasteiger partial charge on any atom is 0.108 e. The summed E-state index contributed by atoms with van der Waals surface area (Å²) in [7, 11) is 0. The van der Waals surface area contributed by atoms with Crippen molar-refractivity contribution >= 4 is 0 Å². The molecule has 1 fully saturated rings. The summed E-state index contributed by atoms with van der Waals surface area (Å²) in [6.45, 7) is 0. The number of benzene rings is 1. The zero-order valence-corrected chi connectivity index (χ0v) is 12.7. The van der Waals surface area contributed by atoms with E-state index in [1.807, 2.05) is 12.1 Å². The summed E-state index contributed by atoms with van der Waals surface area (Å²) in [5.41, 5.74) is 1.67. The topological polar surface area (TPSA) is 44.0 Å². The lowest BCUT2D eigenvalue weighted by Crippen LogP contribution is -2.42. The molecule has 1 saturated carbocycles. The number of aliphatic hydroxyl groups excluding tert-OH is 1. The number of hydrogen-bond donors (Lipinski definition) is 1. The Labute approximate surface area is 127 Å². The highest BCUT2D eigenvalue weighted by Crippen LogP contribution is 2.42. The Morgan fingerprint density at radius 1 is 1.19 bits per heavy atom. The van der Waals surface area contributed by atoms with Crippen molar-refractivity contribution in [1.82, 2.24) is 0 Å². The van der Waals surface area contributed by atoms with E-state index in [-0.39, 0.29) is 0 Å². The quantitative estimate of drug-likeness (QED) is 0.907. The third kappa shape index (κ3) is 2.72. The average molecular weight is 283 g/mol. The van der Waals surface area contributed by atoms with Crippen LogP contribution in [0.4, 0.5) is 0 Å². The molecule has 3 rings (SSSR count). The second kappa shape index (κ2) is 6.20. The lowest BCUT2D eigenvalue weighted by molar-refractivity contribution is 0.0675. The Kier molecular flexibility index (Phi) is 4.31. The van der Waals surface area contributed by atoms with Gasteiger partial charge in [-0.1, -0.05) is 56.4 Å². The third-order valence-electron chi connectivity index (χ3n) is 5.56. The van der Waals surface area contributed by atoms with Gasteiger partial charge >= 0.3 is 0 Å². The Bertz CT molecular complexity index is 527. The van der Waals surface area contributed by atoms with Crippen molar-refractivity contribution in [2.24, 2.45) is 5.92 Å². The molecule has 2 unspecified atom stereocenters. The van der Waals surface area contributed by atoms with E-state index in [2.05, 4.69) is 18.2 Å². The lowest BCUT2D eigenvalue weighted by atomic mass is 9.65. The molecule has 0 amide bonds. The summed E-state index contributed by atoms with van der Waals surface area (Å²) in [6, 6.07) is 10.7. The molecule has 2 aliphatic carbocycles. The fourth-order valence-electron chi connectivity index (χ4n) is 4.34.